The molecule has 7 heteroatoms. The molecule has 0 amide bonds. The largest absolute Gasteiger partial charge is 0.423 e. The number of hydrogen-bond acceptors (Lipinski definition) is 4. The van der Waals surface area contributed by atoms with Crippen LogP contribution in [0.15, 0.2) is 29.0 Å². The highest BCUT2D eigenvalue weighted by atomic mass is 79.9. The van der Waals surface area contributed by atoms with Crippen molar-refractivity contribution >= 4 is 27.5 Å². The van der Waals surface area contributed by atoms with Gasteiger partial charge in [0.05, 0.1) is 9.50 Å². The minimum atomic E-state index is -0.569. The maximum atomic E-state index is 13.4. The van der Waals surface area contributed by atoms with Crippen molar-refractivity contribution in [1.29, 1.82) is 0 Å². The summed E-state index contributed by atoms with van der Waals surface area (Å²) in [5.41, 5.74) is 6.80. The average molecular weight is 375 g/mol. The first-order valence-electron chi connectivity index (χ1n) is 6.38. The molecule has 0 fully saturated rings. The van der Waals surface area contributed by atoms with E-state index in [1.807, 2.05) is 6.92 Å². The highest BCUT2D eigenvalue weighted by Gasteiger charge is 2.10. The van der Waals surface area contributed by atoms with Crippen LogP contribution in [0.3, 0.4) is 0 Å². The quantitative estimate of drug-likeness (QED) is 0.800. The van der Waals surface area contributed by atoms with Crippen molar-refractivity contribution < 1.29 is 9.13 Å². The Morgan fingerprint density at radius 2 is 2.05 bits per heavy atom. The van der Waals surface area contributed by atoms with Gasteiger partial charge in [0.25, 0.3) is 0 Å². The Bertz CT molecular complexity index is 624. The van der Waals surface area contributed by atoms with Gasteiger partial charge in [-0.3, -0.25) is 0 Å². The van der Waals surface area contributed by atoms with E-state index in [2.05, 4.69) is 25.9 Å². The normalized spacial score (nSPS) is 12.2. The highest BCUT2D eigenvalue weighted by molar-refractivity contribution is 9.10. The van der Waals surface area contributed by atoms with E-state index in [1.165, 1.54) is 12.1 Å². The van der Waals surface area contributed by atoms with E-state index < -0.39 is 5.82 Å². The lowest BCUT2D eigenvalue weighted by atomic mass is 10.1. The zero-order chi connectivity index (χ0) is 15.4. The molecule has 1 aromatic carbocycles. The molecule has 0 aliphatic rings. The highest BCUT2D eigenvalue weighted by Crippen LogP contribution is 2.32. The summed E-state index contributed by atoms with van der Waals surface area (Å²) in [6.45, 7) is 2.02. The van der Waals surface area contributed by atoms with Gasteiger partial charge in [0.1, 0.15) is 11.6 Å². The van der Waals surface area contributed by atoms with Gasteiger partial charge in [-0.05, 0) is 40.4 Å². The van der Waals surface area contributed by atoms with Gasteiger partial charge in [-0.25, -0.2) is 14.4 Å². The summed E-state index contributed by atoms with van der Waals surface area (Å²) in [6, 6.07) is 2.81. The fourth-order valence-corrected chi connectivity index (χ4v) is 2.35. The van der Waals surface area contributed by atoms with E-state index in [4.69, 9.17) is 22.1 Å². The van der Waals surface area contributed by atoms with Crippen molar-refractivity contribution in [1.82, 2.24) is 9.97 Å². The molecule has 2 rings (SSSR count). The van der Waals surface area contributed by atoms with Crippen LogP contribution in [0.1, 0.15) is 18.9 Å². The van der Waals surface area contributed by atoms with Crippen molar-refractivity contribution in [3.8, 4) is 11.8 Å². The van der Waals surface area contributed by atoms with Gasteiger partial charge in [-0.1, -0.05) is 18.5 Å². The smallest absolute Gasteiger partial charge is 0.321 e. The summed E-state index contributed by atoms with van der Waals surface area (Å²) >= 11 is 8.92. The third-order valence-corrected chi connectivity index (χ3v) is 3.79. The standard InChI is InChI=1S/C14H14BrClFN3O/c1-2-9(18)3-8-6-19-14(20-7-8)21-13-5-12(17)11(16)4-10(13)15/h4-7,9H,2-3,18H2,1H3. The summed E-state index contributed by atoms with van der Waals surface area (Å²) in [4.78, 5) is 8.18. The fraction of sp³-hybridized carbons (Fsp3) is 0.286. The molecule has 1 heterocycles. The molecule has 112 valence electrons. The molecule has 1 unspecified atom stereocenters. The molecular weight excluding hydrogens is 361 g/mol. The first kappa shape index (κ1) is 16.1. The lowest BCUT2D eigenvalue weighted by molar-refractivity contribution is 0.434. The fourth-order valence-electron chi connectivity index (χ4n) is 1.63. The number of hydrogen-bond donors (Lipinski definition) is 1. The Hall–Kier alpha value is -1.24. The number of benzene rings is 1. The van der Waals surface area contributed by atoms with E-state index >= 15 is 0 Å². The van der Waals surface area contributed by atoms with Crippen LogP contribution >= 0.6 is 27.5 Å². The van der Waals surface area contributed by atoms with Crippen molar-refractivity contribution in [2.24, 2.45) is 5.73 Å². The van der Waals surface area contributed by atoms with Crippen LogP contribution in [0.5, 0.6) is 11.8 Å². The monoisotopic (exact) mass is 373 g/mol. The molecule has 0 radical (unpaired) electrons. The summed E-state index contributed by atoms with van der Waals surface area (Å²) in [5, 5.41) is 0.0130. The molecule has 0 bridgehead atoms. The molecule has 0 saturated carbocycles. The zero-order valence-electron chi connectivity index (χ0n) is 11.3. The van der Waals surface area contributed by atoms with Gasteiger partial charge in [0.2, 0.25) is 0 Å². The molecule has 21 heavy (non-hydrogen) atoms. The Labute approximate surface area is 135 Å². The Kier molecular flexibility index (Phi) is 5.50. The van der Waals surface area contributed by atoms with Crippen molar-refractivity contribution in [3.63, 3.8) is 0 Å². The van der Waals surface area contributed by atoms with Crippen LogP contribution in [0, 0.1) is 5.82 Å². The molecule has 0 aliphatic heterocycles. The third-order valence-electron chi connectivity index (χ3n) is 2.88. The van der Waals surface area contributed by atoms with E-state index in [0.717, 1.165) is 12.0 Å². The number of nitrogens with zero attached hydrogens (tertiary/aromatic N) is 2. The number of nitrogens with two attached hydrogens (primary N) is 1. The van der Waals surface area contributed by atoms with E-state index in [9.17, 15) is 4.39 Å². The van der Waals surface area contributed by atoms with Gasteiger partial charge in [0.15, 0.2) is 0 Å². The van der Waals surface area contributed by atoms with Crippen molar-refractivity contribution in [2.75, 3.05) is 0 Å². The predicted molar refractivity (Wildman–Crippen MR) is 83.2 cm³/mol. The molecule has 1 atom stereocenters. The Morgan fingerprint density at radius 1 is 1.38 bits per heavy atom. The van der Waals surface area contributed by atoms with Crippen LogP contribution in [0.4, 0.5) is 4.39 Å². The van der Waals surface area contributed by atoms with Gasteiger partial charge in [-0.2, -0.15) is 0 Å². The van der Waals surface area contributed by atoms with Crippen molar-refractivity contribution in [3.05, 3.63) is 45.4 Å². The van der Waals surface area contributed by atoms with Gasteiger partial charge in [-0.15, -0.1) is 0 Å². The molecule has 1 aromatic heterocycles. The molecule has 0 aliphatic carbocycles. The minimum absolute atomic E-state index is 0.0130. The lowest BCUT2D eigenvalue weighted by Gasteiger charge is -2.09. The predicted octanol–water partition coefficient (Wildman–Crippen LogP) is 4.10. The first-order valence-corrected chi connectivity index (χ1v) is 7.55. The van der Waals surface area contributed by atoms with Gasteiger partial charge < -0.3 is 10.5 Å². The summed E-state index contributed by atoms with van der Waals surface area (Å²) in [5.74, 6) is -0.310. The zero-order valence-corrected chi connectivity index (χ0v) is 13.7. The van der Waals surface area contributed by atoms with E-state index in [0.29, 0.717) is 10.9 Å². The van der Waals surface area contributed by atoms with Crippen LogP contribution in [-0.4, -0.2) is 16.0 Å². The molecule has 2 aromatic rings. The van der Waals surface area contributed by atoms with Gasteiger partial charge >= 0.3 is 6.01 Å². The van der Waals surface area contributed by atoms with Crippen LogP contribution in [0.25, 0.3) is 0 Å². The second-order valence-corrected chi connectivity index (χ2v) is 5.81. The Morgan fingerprint density at radius 3 is 2.67 bits per heavy atom. The van der Waals surface area contributed by atoms with Crippen molar-refractivity contribution in [2.45, 2.75) is 25.8 Å². The van der Waals surface area contributed by atoms with Crippen LogP contribution in [-0.2, 0) is 6.42 Å². The topological polar surface area (TPSA) is 61.0 Å². The average Bonchev–Trinajstić information content (AvgIpc) is 2.46. The first-order chi connectivity index (χ1) is 9.99. The molecular formula is C14H14BrClFN3O. The van der Waals surface area contributed by atoms with Crippen LogP contribution in [0.2, 0.25) is 5.02 Å². The lowest BCUT2D eigenvalue weighted by Crippen LogP contribution is -2.21. The second kappa shape index (κ2) is 7.15. The summed E-state index contributed by atoms with van der Waals surface area (Å²) in [6.07, 6.45) is 4.89. The van der Waals surface area contributed by atoms with E-state index in [-0.39, 0.29) is 22.8 Å². The summed E-state index contributed by atoms with van der Waals surface area (Å²) < 4.78 is 19.4. The number of aromatic nitrogens is 2. The number of ether oxygens (including phenoxy) is 1. The number of halogens is 3. The molecule has 2 N–H and O–H groups in total. The summed E-state index contributed by atoms with van der Waals surface area (Å²) in [7, 11) is 0. The molecule has 0 saturated heterocycles. The molecule has 4 nitrogen and oxygen atoms in total. The maximum absolute atomic E-state index is 13.4. The molecule has 0 spiro atoms. The number of rotatable bonds is 5. The van der Waals surface area contributed by atoms with Gasteiger partial charge in [0, 0.05) is 24.5 Å². The third kappa shape index (κ3) is 4.36. The van der Waals surface area contributed by atoms with E-state index in [1.54, 1.807) is 12.4 Å². The Balaban J connectivity index is 2.12. The SMILES string of the molecule is CCC(N)Cc1cnc(Oc2cc(F)c(Cl)cc2Br)nc1. The minimum Gasteiger partial charge on any atom is -0.423 e. The van der Waals surface area contributed by atoms with Crippen LogP contribution < -0.4 is 10.5 Å². The maximum Gasteiger partial charge on any atom is 0.321 e. The second-order valence-electron chi connectivity index (χ2n) is 4.55.